The Balaban J connectivity index is 1.76. The zero-order chi connectivity index (χ0) is 21.3. The average molecular weight is 453 g/mol. The van der Waals surface area contributed by atoms with E-state index in [1.807, 2.05) is 20.8 Å². The Morgan fingerprint density at radius 3 is 2.52 bits per heavy atom. The van der Waals surface area contributed by atoms with Crippen molar-refractivity contribution in [2.75, 3.05) is 11.1 Å². The highest BCUT2D eigenvalue weighted by Gasteiger charge is 2.17. The summed E-state index contributed by atoms with van der Waals surface area (Å²) >= 11 is 2.65. The van der Waals surface area contributed by atoms with Crippen molar-refractivity contribution in [3.8, 4) is 0 Å². The van der Waals surface area contributed by atoms with E-state index >= 15 is 0 Å². The van der Waals surface area contributed by atoms with Crippen LogP contribution in [0.1, 0.15) is 17.4 Å². The number of hydrogen-bond donors (Lipinski definition) is 2. The first-order valence-corrected chi connectivity index (χ1v) is 12.0. The SMILES string of the molecule is CCn1c(SCC(=O)Nc2ccc(S(N)(=O)=O)cc2)nc2sc(C)c(C)c2c1=O. The second-order valence-corrected chi connectivity index (χ2v) is 10.0. The molecule has 0 spiro atoms. The van der Waals surface area contributed by atoms with Crippen LogP contribution < -0.4 is 16.0 Å². The van der Waals surface area contributed by atoms with Gasteiger partial charge in [-0.15, -0.1) is 11.3 Å². The van der Waals surface area contributed by atoms with Crippen molar-refractivity contribution in [1.82, 2.24) is 9.55 Å². The normalized spacial score (nSPS) is 11.7. The van der Waals surface area contributed by atoms with Gasteiger partial charge in [0.05, 0.1) is 16.0 Å². The Labute approximate surface area is 176 Å². The number of aryl methyl sites for hydroxylation is 2. The van der Waals surface area contributed by atoms with Gasteiger partial charge in [-0.2, -0.15) is 0 Å². The number of carbonyl (C=O) groups excluding carboxylic acids is 1. The van der Waals surface area contributed by atoms with Crippen LogP contribution >= 0.6 is 23.1 Å². The number of anilines is 1. The molecule has 3 rings (SSSR count). The summed E-state index contributed by atoms with van der Waals surface area (Å²) in [6.07, 6.45) is 0. The highest BCUT2D eigenvalue weighted by Crippen LogP contribution is 2.28. The molecule has 0 bridgehead atoms. The first-order chi connectivity index (χ1) is 13.6. The third-order valence-electron chi connectivity index (χ3n) is 4.37. The molecule has 2 heterocycles. The fraction of sp³-hybridized carbons (Fsp3) is 0.278. The predicted octanol–water partition coefficient (Wildman–Crippen LogP) is 2.47. The molecule has 29 heavy (non-hydrogen) atoms. The lowest BCUT2D eigenvalue weighted by molar-refractivity contribution is -0.113. The Morgan fingerprint density at radius 2 is 1.93 bits per heavy atom. The number of amides is 1. The molecular weight excluding hydrogens is 432 g/mol. The number of carbonyl (C=O) groups is 1. The van der Waals surface area contributed by atoms with E-state index in [1.54, 1.807) is 4.57 Å². The lowest BCUT2D eigenvalue weighted by Gasteiger charge is -2.10. The minimum absolute atomic E-state index is 0.0316. The molecule has 0 aliphatic heterocycles. The number of hydrogen-bond acceptors (Lipinski definition) is 7. The lowest BCUT2D eigenvalue weighted by Crippen LogP contribution is -2.23. The van der Waals surface area contributed by atoms with Crippen molar-refractivity contribution >= 4 is 54.9 Å². The standard InChI is InChI=1S/C18H20N4O4S3/c1-4-22-17(24)15-10(2)11(3)28-16(15)21-18(22)27-9-14(23)20-12-5-7-13(8-6-12)29(19,25)26/h5-8H,4,9H2,1-3H3,(H,20,23)(H2,19,25,26). The number of thioether (sulfide) groups is 1. The number of nitrogens with one attached hydrogen (secondary N) is 1. The van der Waals surface area contributed by atoms with Gasteiger partial charge in [0, 0.05) is 17.1 Å². The summed E-state index contributed by atoms with van der Waals surface area (Å²) < 4.78 is 24.1. The molecule has 0 fully saturated rings. The number of primary sulfonamides is 1. The van der Waals surface area contributed by atoms with Crippen LogP contribution in [0.15, 0.2) is 39.1 Å². The number of aromatic nitrogens is 2. The summed E-state index contributed by atoms with van der Waals surface area (Å²) in [6.45, 7) is 6.19. The van der Waals surface area contributed by atoms with Gasteiger partial charge < -0.3 is 5.32 Å². The highest BCUT2D eigenvalue weighted by molar-refractivity contribution is 7.99. The van der Waals surface area contributed by atoms with Gasteiger partial charge in [0.1, 0.15) is 4.83 Å². The minimum atomic E-state index is -3.78. The van der Waals surface area contributed by atoms with Crippen LogP contribution in [0.25, 0.3) is 10.2 Å². The summed E-state index contributed by atoms with van der Waals surface area (Å²) in [5, 5.41) is 8.87. The first-order valence-electron chi connectivity index (χ1n) is 8.68. The van der Waals surface area contributed by atoms with E-state index in [9.17, 15) is 18.0 Å². The van der Waals surface area contributed by atoms with Crippen LogP contribution in [0, 0.1) is 13.8 Å². The average Bonchev–Trinajstić information content (AvgIpc) is 2.94. The van der Waals surface area contributed by atoms with Crippen LogP contribution in [-0.4, -0.2) is 29.6 Å². The Kier molecular flexibility index (Phi) is 6.13. The van der Waals surface area contributed by atoms with Crippen molar-refractivity contribution in [1.29, 1.82) is 0 Å². The number of rotatable bonds is 6. The smallest absolute Gasteiger partial charge is 0.263 e. The quantitative estimate of drug-likeness (QED) is 0.437. The van der Waals surface area contributed by atoms with Gasteiger partial charge in [-0.25, -0.2) is 18.5 Å². The summed E-state index contributed by atoms with van der Waals surface area (Å²) in [5.74, 6) is -0.244. The van der Waals surface area contributed by atoms with E-state index in [0.717, 1.165) is 10.4 Å². The molecule has 0 aliphatic carbocycles. The van der Waals surface area contributed by atoms with Crippen LogP contribution in [0.3, 0.4) is 0 Å². The molecule has 8 nitrogen and oxygen atoms in total. The number of benzene rings is 1. The summed E-state index contributed by atoms with van der Waals surface area (Å²) in [7, 11) is -3.78. The second-order valence-electron chi connectivity index (χ2n) is 6.31. The number of sulfonamides is 1. The van der Waals surface area contributed by atoms with Crippen molar-refractivity contribution in [2.45, 2.75) is 37.4 Å². The van der Waals surface area contributed by atoms with E-state index in [-0.39, 0.29) is 22.1 Å². The summed E-state index contributed by atoms with van der Waals surface area (Å²) in [4.78, 5) is 31.4. The maximum atomic E-state index is 12.8. The topological polar surface area (TPSA) is 124 Å². The predicted molar refractivity (Wildman–Crippen MR) is 116 cm³/mol. The highest BCUT2D eigenvalue weighted by atomic mass is 32.2. The molecule has 1 aromatic carbocycles. The van der Waals surface area contributed by atoms with Crippen molar-refractivity contribution in [2.24, 2.45) is 5.14 Å². The largest absolute Gasteiger partial charge is 0.325 e. The second kappa shape index (κ2) is 8.27. The van der Waals surface area contributed by atoms with Crippen LogP contribution in [-0.2, 0) is 21.4 Å². The van der Waals surface area contributed by atoms with Crippen LogP contribution in [0.2, 0.25) is 0 Å². The minimum Gasteiger partial charge on any atom is -0.325 e. The monoisotopic (exact) mass is 452 g/mol. The van der Waals surface area contributed by atoms with E-state index in [0.29, 0.717) is 27.6 Å². The van der Waals surface area contributed by atoms with Crippen LogP contribution in [0.5, 0.6) is 0 Å². The first kappa shape index (κ1) is 21.5. The fourth-order valence-corrected chi connectivity index (χ4v) is 5.20. The third-order valence-corrected chi connectivity index (χ3v) is 7.38. The van der Waals surface area contributed by atoms with Crippen LogP contribution in [0.4, 0.5) is 5.69 Å². The number of nitrogens with zero attached hydrogens (tertiary/aromatic N) is 2. The molecule has 154 valence electrons. The van der Waals surface area contributed by atoms with Crippen molar-refractivity contribution in [3.63, 3.8) is 0 Å². The molecule has 1 amide bonds. The van der Waals surface area contributed by atoms with E-state index < -0.39 is 10.0 Å². The molecular formula is C18H20N4O4S3. The molecule has 3 N–H and O–H groups in total. The maximum Gasteiger partial charge on any atom is 0.263 e. The van der Waals surface area contributed by atoms with Gasteiger partial charge in [-0.3, -0.25) is 14.2 Å². The van der Waals surface area contributed by atoms with Gasteiger partial charge >= 0.3 is 0 Å². The molecule has 0 saturated heterocycles. The summed E-state index contributed by atoms with van der Waals surface area (Å²) in [6, 6.07) is 5.57. The molecule has 0 saturated carbocycles. The molecule has 0 atom stereocenters. The third kappa shape index (κ3) is 4.53. The maximum absolute atomic E-state index is 12.8. The van der Waals surface area contributed by atoms with Crippen molar-refractivity contribution < 1.29 is 13.2 Å². The Morgan fingerprint density at radius 1 is 1.28 bits per heavy atom. The lowest BCUT2D eigenvalue weighted by atomic mass is 10.2. The molecule has 11 heteroatoms. The Bertz CT molecular complexity index is 1240. The molecule has 3 aromatic rings. The van der Waals surface area contributed by atoms with E-state index in [2.05, 4.69) is 10.3 Å². The number of fused-ring (bicyclic) bond motifs is 1. The van der Waals surface area contributed by atoms with Crippen molar-refractivity contribution in [3.05, 3.63) is 45.1 Å². The van der Waals surface area contributed by atoms with Gasteiger partial charge in [0.25, 0.3) is 5.56 Å². The van der Waals surface area contributed by atoms with Gasteiger partial charge in [-0.05, 0) is 50.6 Å². The van der Waals surface area contributed by atoms with Gasteiger partial charge in [0.15, 0.2) is 5.16 Å². The zero-order valence-electron chi connectivity index (χ0n) is 16.1. The van der Waals surface area contributed by atoms with E-state index in [1.165, 1.54) is 47.4 Å². The van der Waals surface area contributed by atoms with E-state index in [4.69, 9.17) is 5.14 Å². The zero-order valence-corrected chi connectivity index (χ0v) is 18.5. The number of thiophene rings is 1. The molecule has 2 aromatic heterocycles. The molecule has 0 aliphatic rings. The summed E-state index contributed by atoms with van der Waals surface area (Å²) in [5.41, 5.74) is 1.30. The van der Waals surface area contributed by atoms with Gasteiger partial charge in [-0.1, -0.05) is 11.8 Å². The molecule has 0 radical (unpaired) electrons. The molecule has 0 unspecified atom stereocenters. The number of nitrogens with two attached hydrogens (primary N) is 1. The van der Waals surface area contributed by atoms with Gasteiger partial charge in [0.2, 0.25) is 15.9 Å². The fourth-order valence-electron chi connectivity index (χ4n) is 2.75. The Hall–Kier alpha value is -2.21.